The monoisotopic (exact) mass is 728 g/mol. The maximum Gasteiger partial charge on any atom is 0.312 e. The minimum Gasteiger partial charge on any atom is -0.462 e. The second kappa shape index (κ2) is 11.3. The van der Waals surface area contributed by atoms with Crippen molar-refractivity contribution in [2.75, 3.05) is 19.8 Å². The summed E-state index contributed by atoms with van der Waals surface area (Å²) in [6, 6.07) is 0. The molecular formula is C40H50F2O10. The zero-order valence-corrected chi connectivity index (χ0v) is 29.9. The molecule has 12 bridgehead atoms. The van der Waals surface area contributed by atoms with Crippen molar-refractivity contribution in [3.63, 3.8) is 0 Å². The summed E-state index contributed by atoms with van der Waals surface area (Å²) in [5.74, 6) is -4.58. The number of carbonyl (C=O) groups is 5. The lowest BCUT2D eigenvalue weighted by molar-refractivity contribution is -0.313. The van der Waals surface area contributed by atoms with Crippen LogP contribution in [0.25, 0.3) is 0 Å². The Hall–Kier alpha value is -2.47. The molecule has 0 radical (unpaired) electrons. The van der Waals surface area contributed by atoms with Crippen molar-refractivity contribution < 1.29 is 56.4 Å². The van der Waals surface area contributed by atoms with Crippen LogP contribution in [0.5, 0.6) is 0 Å². The zero-order chi connectivity index (χ0) is 36.0. The van der Waals surface area contributed by atoms with Crippen LogP contribution in [-0.4, -0.2) is 73.2 Å². The molecule has 1 spiro atoms. The van der Waals surface area contributed by atoms with Crippen LogP contribution in [-0.2, 0) is 47.7 Å². The van der Waals surface area contributed by atoms with E-state index in [0.29, 0.717) is 68.3 Å². The van der Waals surface area contributed by atoms with E-state index in [4.69, 9.17) is 23.7 Å². The number of Topliss-reactive ketones (excluding diaryl/α,β-unsaturated/α-hetero) is 2. The maximum absolute atomic E-state index is 13.9. The van der Waals surface area contributed by atoms with Crippen molar-refractivity contribution in [3.05, 3.63) is 0 Å². The van der Waals surface area contributed by atoms with Gasteiger partial charge >= 0.3 is 17.9 Å². The fourth-order valence-corrected chi connectivity index (χ4v) is 14.5. The first-order valence-electron chi connectivity index (χ1n) is 20.0. The van der Waals surface area contributed by atoms with E-state index in [1.165, 1.54) is 0 Å². The molecule has 0 aromatic rings. The van der Waals surface area contributed by atoms with Crippen LogP contribution in [0.4, 0.5) is 8.78 Å². The Labute approximate surface area is 302 Å². The fraction of sp³-hybridized carbons (Fsp3) is 0.875. The number of hydrogen-bond acceptors (Lipinski definition) is 10. The molecule has 1 saturated heterocycles. The quantitative estimate of drug-likeness (QED) is 0.226. The van der Waals surface area contributed by atoms with Gasteiger partial charge in [0.05, 0.1) is 16.2 Å². The number of esters is 3. The molecule has 52 heavy (non-hydrogen) atoms. The van der Waals surface area contributed by atoms with Crippen LogP contribution in [0.3, 0.4) is 0 Å². The van der Waals surface area contributed by atoms with E-state index in [9.17, 15) is 32.8 Å². The molecule has 0 N–H and O–H groups in total. The highest BCUT2D eigenvalue weighted by Gasteiger charge is 2.70. The number of rotatable bonds is 9. The fourth-order valence-electron chi connectivity index (χ4n) is 14.5. The molecule has 12 heteroatoms. The van der Waals surface area contributed by atoms with Gasteiger partial charge in [0.1, 0.15) is 37.0 Å². The lowest BCUT2D eigenvalue weighted by Crippen LogP contribution is -2.64. The summed E-state index contributed by atoms with van der Waals surface area (Å²) in [6.07, 6.45) is 8.43. The molecule has 284 valence electrons. The largest absolute Gasteiger partial charge is 0.462 e. The predicted octanol–water partition coefficient (Wildman–Crippen LogP) is 5.37. The molecule has 1 heterocycles. The Morgan fingerprint density at radius 2 is 0.962 bits per heavy atom. The molecule has 0 aromatic carbocycles. The Morgan fingerprint density at radius 1 is 0.596 bits per heavy atom. The Morgan fingerprint density at radius 3 is 1.37 bits per heavy atom. The Kier molecular flexibility index (Phi) is 7.39. The number of ketones is 2. The lowest BCUT2D eigenvalue weighted by Gasteiger charge is -2.61. The van der Waals surface area contributed by atoms with E-state index in [0.717, 1.165) is 58.3 Å². The SMILES string of the molecule is CC(F)(F)COC(=O)C12CC3CC(C1)C1(OC(COC(=O)C45CC6CC(C4)C(=O)C(C6)C5)C(COC(=O)C45CC6CC(C4)C(=O)C(C6)C5)O1)C(C3)C2. The first-order chi connectivity index (χ1) is 24.7. The average molecular weight is 729 g/mol. The van der Waals surface area contributed by atoms with Gasteiger partial charge in [-0.1, -0.05) is 0 Å². The zero-order valence-electron chi connectivity index (χ0n) is 29.9. The van der Waals surface area contributed by atoms with Gasteiger partial charge in [0, 0.05) is 42.4 Å². The van der Waals surface area contributed by atoms with E-state index in [2.05, 4.69) is 0 Å². The molecular weight excluding hydrogens is 678 g/mol. The molecule has 13 rings (SSSR count). The summed E-state index contributed by atoms with van der Waals surface area (Å²) in [4.78, 5) is 66.9. The summed E-state index contributed by atoms with van der Waals surface area (Å²) in [7, 11) is 0. The summed E-state index contributed by atoms with van der Waals surface area (Å²) < 4.78 is 58.6. The van der Waals surface area contributed by atoms with E-state index in [1.54, 1.807) is 0 Å². The summed E-state index contributed by atoms with van der Waals surface area (Å²) in [5.41, 5.74) is -2.20. The van der Waals surface area contributed by atoms with Gasteiger partial charge in [-0.2, -0.15) is 0 Å². The smallest absolute Gasteiger partial charge is 0.312 e. The van der Waals surface area contributed by atoms with Crippen molar-refractivity contribution >= 4 is 29.5 Å². The third kappa shape index (κ3) is 5.07. The number of halogens is 2. The standard InChI is InChI=1S/C40H50F2O10/c1-36(41,42)19-50-35(47)39-10-22-6-27(15-39)40(28(7-22)16-39)51-29(17-48-33(45)37-8-20-2-23(11-37)31(43)24(3-20)12-37)30(52-40)18-49-34(46)38-9-21-4-25(13-38)32(44)26(5-21)14-38/h20-30H,2-19H2,1H3. The molecule has 8 atom stereocenters. The third-order valence-corrected chi connectivity index (χ3v) is 15.9. The third-order valence-electron chi connectivity index (χ3n) is 15.9. The van der Waals surface area contributed by atoms with E-state index < -0.39 is 52.7 Å². The Bertz CT molecular complexity index is 1470. The number of ether oxygens (including phenoxy) is 5. The van der Waals surface area contributed by atoms with Gasteiger partial charge in [0.25, 0.3) is 5.92 Å². The van der Waals surface area contributed by atoms with Crippen molar-refractivity contribution in [2.45, 2.75) is 127 Å². The van der Waals surface area contributed by atoms with Gasteiger partial charge in [-0.3, -0.25) is 24.0 Å². The van der Waals surface area contributed by atoms with Crippen LogP contribution in [0.1, 0.15) is 103 Å². The van der Waals surface area contributed by atoms with Crippen LogP contribution in [0.15, 0.2) is 0 Å². The minimum absolute atomic E-state index is 0.0733. The molecule has 12 saturated carbocycles. The topological polar surface area (TPSA) is 132 Å². The van der Waals surface area contributed by atoms with Crippen molar-refractivity contribution in [3.8, 4) is 0 Å². The van der Waals surface area contributed by atoms with Gasteiger partial charge in [0.2, 0.25) is 0 Å². The predicted molar refractivity (Wildman–Crippen MR) is 174 cm³/mol. The number of carbonyl (C=O) groups excluding carboxylic acids is 5. The van der Waals surface area contributed by atoms with Gasteiger partial charge in [-0.25, -0.2) is 8.78 Å². The molecule has 12 aliphatic carbocycles. The summed E-state index contributed by atoms with van der Waals surface area (Å²) in [6.45, 7) is -0.402. The van der Waals surface area contributed by atoms with E-state index >= 15 is 0 Å². The molecule has 1 aliphatic heterocycles. The minimum atomic E-state index is -3.12. The van der Waals surface area contributed by atoms with Crippen molar-refractivity contribution in [2.24, 2.45) is 69.5 Å². The highest BCUT2D eigenvalue weighted by molar-refractivity contribution is 5.90. The molecule has 13 fully saturated rings. The average Bonchev–Trinajstić information content (AvgIpc) is 3.46. The maximum atomic E-state index is 13.9. The van der Waals surface area contributed by atoms with Crippen LogP contribution >= 0.6 is 0 Å². The molecule has 0 aromatic heterocycles. The summed E-state index contributed by atoms with van der Waals surface area (Å²) >= 11 is 0. The van der Waals surface area contributed by atoms with Gasteiger partial charge in [0.15, 0.2) is 12.4 Å². The molecule has 10 nitrogen and oxygen atoms in total. The van der Waals surface area contributed by atoms with Gasteiger partial charge < -0.3 is 23.7 Å². The second-order valence-corrected chi connectivity index (χ2v) is 19.6. The van der Waals surface area contributed by atoms with Crippen molar-refractivity contribution in [1.82, 2.24) is 0 Å². The van der Waals surface area contributed by atoms with Crippen LogP contribution in [0, 0.1) is 69.5 Å². The van der Waals surface area contributed by atoms with E-state index in [-0.39, 0.29) is 66.6 Å². The summed E-state index contributed by atoms with van der Waals surface area (Å²) in [5, 5.41) is 0. The van der Waals surface area contributed by atoms with Crippen LogP contribution in [0.2, 0.25) is 0 Å². The van der Waals surface area contributed by atoms with Gasteiger partial charge in [-0.05, 0) is 114 Å². The first kappa shape index (κ1) is 34.1. The second-order valence-electron chi connectivity index (χ2n) is 19.6. The highest BCUT2D eigenvalue weighted by atomic mass is 19.3. The van der Waals surface area contributed by atoms with E-state index in [1.807, 2.05) is 0 Å². The number of alkyl halides is 2. The highest BCUT2D eigenvalue weighted by Crippen LogP contribution is 2.67. The Balaban J connectivity index is 0.877. The molecule has 8 unspecified atom stereocenters. The normalized spacial score (nSPS) is 50.3. The lowest BCUT2D eigenvalue weighted by atomic mass is 9.47. The molecule has 13 aliphatic rings. The van der Waals surface area contributed by atoms with Crippen molar-refractivity contribution in [1.29, 1.82) is 0 Å². The first-order valence-corrected chi connectivity index (χ1v) is 20.0. The number of hydrogen-bond donors (Lipinski definition) is 0. The van der Waals surface area contributed by atoms with Crippen LogP contribution < -0.4 is 0 Å². The van der Waals surface area contributed by atoms with Gasteiger partial charge in [-0.15, -0.1) is 0 Å². The molecule has 0 amide bonds.